The maximum Gasteiger partial charge on any atom is 0.0566 e. The Balaban J connectivity index is 1.99. The number of aliphatic hydroxyl groups excluding tert-OH is 1. The van der Waals surface area contributed by atoms with Gasteiger partial charge in [0.15, 0.2) is 0 Å². The van der Waals surface area contributed by atoms with Gasteiger partial charge in [0, 0.05) is 12.6 Å². The molecule has 1 N–H and O–H groups in total. The summed E-state index contributed by atoms with van der Waals surface area (Å²) in [7, 11) is 0. The van der Waals surface area contributed by atoms with E-state index in [-0.39, 0.29) is 6.10 Å². The van der Waals surface area contributed by atoms with Gasteiger partial charge in [0.1, 0.15) is 0 Å². The molecule has 0 radical (unpaired) electrons. The van der Waals surface area contributed by atoms with Gasteiger partial charge in [0.2, 0.25) is 0 Å². The average molecular weight is 289 g/mol. The smallest absolute Gasteiger partial charge is 0.0566 e. The van der Waals surface area contributed by atoms with Crippen LogP contribution in [0.5, 0.6) is 0 Å². The zero-order chi connectivity index (χ0) is 15.2. The van der Waals surface area contributed by atoms with Crippen LogP contribution in [0.4, 0.5) is 0 Å². The third kappa shape index (κ3) is 4.55. The number of likely N-dealkylation sites (tertiary alicyclic amines) is 1. The molecule has 1 fully saturated rings. The Kier molecular flexibility index (Phi) is 6.25. The quantitative estimate of drug-likeness (QED) is 0.817. The molecule has 2 rings (SSSR count). The van der Waals surface area contributed by atoms with Crippen LogP contribution in [-0.2, 0) is 6.54 Å². The standard InChI is InChI=1S/C19H31NO/c1-4-8-18-17(13-19(21)15(2)3)11-12-20(18)14-16-9-6-5-7-10-16/h5-7,9-10,15,17-19,21H,4,8,11-14H2,1-3H3. The molecule has 0 amide bonds. The van der Waals surface area contributed by atoms with Crippen molar-refractivity contribution in [2.24, 2.45) is 11.8 Å². The first-order valence-electron chi connectivity index (χ1n) is 8.57. The minimum atomic E-state index is -0.147. The van der Waals surface area contributed by atoms with Crippen LogP contribution >= 0.6 is 0 Å². The van der Waals surface area contributed by atoms with Crippen molar-refractivity contribution in [2.45, 2.75) is 65.1 Å². The number of rotatable bonds is 7. The van der Waals surface area contributed by atoms with E-state index >= 15 is 0 Å². The lowest BCUT2D eigenvalue weighted by atomic mass is 9.88. The normalized spacial score (nSPS) is 24.6. The van der Waals surface area contributed by atoms with Gasteiger partial charge in [-0.25, -0.2) is 0 Å². The first kappa shape index (κ1) is 16.5. The Morgan fingerprint density at radius 3 is 2.57 bits per heavy atom. The fraction of sp³-hybridized carbons (Fsp3) is 0.684. The van der Waals surface area contributed by atoms with E-state index in [2.05, 4.69) is 56.0 Å². The number of hydrogen-bond acceptors (Lipinski definition) is 2. The van der Waals surface area contributed by atoms with Crippen LogP contribution in [0.1, 0.15) is 52.0 Å². The van der Waals surface area contributed by atoms with E-state index in [0.717, 1.165) is 13.0 Å². The highest BCUT2D eigenvalue weighted by Crippen LogP contribution is 2.33. The van der Waals surface area contributed by atoms with Crippen molar-refractivity contribution < 1.29 is 5.11 Å². The van der Waals surface area contributed by atoms with Crippen molar-refractivity contribution in [1.29, 1.82) is 0 Å². The van der Waals surface area contributed by atoms with E-state index in [1.165, 1.54) is 31.4 Å². The van der Waals surface area contributed by atoms with Gasteiger partial charge in [-0.15, -0.1) is 0 Å². The molecule has 1 aromatic rings. The molecule has 0 aliphatic carbocycles. The molecule has 21 heavy (non-hydrogen) atoms. The summed E-state index contributed by atoms with van der Waals surface area (Å²) in [5.41, 5.74) is 1.41. The summed E-state index contributed by atoms with van der Waals surface area (Å²) in [6.45, 7) is 8.75. The lowest BCUT2D eigenvalue weighted by molar-refractivity contribution is 0.0841. The van der Waals surface area contributed by atoms with Gasteiger partial charge < -0.3 is 5.11 Å². The van der Waals surface area contributed by atoms with Gasteiger partial charge in [0.25, 0.3) is 0 Å². The minimum Gasteiger partial charge on any atom is -0.393 e. The van der Waals surface area contributed by atoms with Crippen LogP contribution < -0.4 is 0 Å². The summed E-state index contributed by atoms with van der Waals surface area (Å²) in [4.78, 5) is 2.64. The van der Waals surface area contributed by atoms with Gasteiger partial charge >= 0.3 is 0 Å². The molecule has 0 bridgehead atoms. The van der Waals surface area contributed by atoms with Crippen molar-refractivity contribution in [2.75, 3.05) is 6.54 Å². The van der Waals surface area contributed by atoms with Crippen LogP contribution in [0.25, 0.3) is 0 Å². The lowest BCUT2D eigenvalue weighted by Crippen LogP contribution is -2.34. The molecule has 2 nitrogen and oxygen atoms in total. The highest BCUT2D eigenvalue weighted by Gasteiger charge is 2.34. The molecule has 1 aliphatic heterocycles. The number of aliphatic hydroxyl groups is 1. The molecule has 1 aliphatic rings. The second-order valence-corrected chi connectivity index (χ2v) is 6.91. The molecule has 118 valence electrons. The second-order valence-electron chi connectivity index (χ2n) is 6.91. The lowest BCUT2D eigenvalue weighted by Gasteiger charge is -2.30. The third-order valence-electron chi connectivity index (χ3n) is 4.93. The first-order valence-corrected chi connectivity index (χ1v) is 8.57. The highest BCUT2D eigenvalue weighted by molar-refractivity contribution is 5.15. The topological polar surface area (TPSA) is 23.5 Å². The Bertz CT molecular complexity index is 403. The van der Waals surface area contributed by atoms with Crippen molar-refractivity contribution in [3.05, 3.63) is 35.9 Å². The fourth-order valence-corrected chi connectivity index (χ4v) is 3.57. The average Bonchev–Trinajstić information content (AvgIpc) is 2.83. The first-order chi connectivity index (χ1) is 10.1. The van der Waals surface area contributed by atoms with E-state index in [1.54, 1.807) is 0 Å². The summed E-state index contributed by atoms with van der Waals surface area (Å²) in [6, 6.07) is 11.4. The van der Waals surface area contributed by atoms with Gasteiger partial charge in [-0.1, -0.05) is 57.5 Å². The van der Waals surface area contributed by atoms with Gasteiger partial charge in [0.05, 0.1) is 6.10 Å². The van der Waals surface area contributed by atoms with Gasteiger partial charge in [-0.05, 0) is 43.2 Å². The number of hydrogen-bond donors (Lipinski definition) is 1. The molecule has 0 aromatic heterocycles. The summed E-state index contributed by atoms with van der Waals surface area (Å²) in [5, 5.41) is 10.2. The zero-order valence-electron chi connectivity index (χ0n) is 13.8. The van der Waals surface area contributed by atoms with Crippen LogP contribution in [0.15, 0.2) is 30.3 Å². The molecule has 1 saturated heterocycles. The Morgan fingerprint density at radius 1 is 1.24 bits per heavy atom. The number of benzene rings is 1. The minimum absolute atomic E-state index is 0.147. The van der Waals surface area contributed by atoms with Crippen LogP contribution in [0.2, 0.25) is 0 Å². The Labute approximate surface area is 130 Å². The molecule has 3 atom stereocenters. The van der Waals surface area contributed by atoms with Crippen molar-refractivity contribution in [1.82, 2.24) is 4.90 Å². The maximum atomic E-state index is 10.2. The largest absolute Gasteiger partial charge is 0.393 e. The second kappa shape index (κ2) is 7.95. The SMILES string of the molecule is CCCC1C(CC(O)C(C)C)CCN1Cc1ccccc1. The summed E-state index contributed by atoms with van der Waals surface area (Å²) >= 11 is 0. The summed E-state index contributed by atoms with van der Waals surface area (Å²) in [6.07, 6.45) is 4.53. The predicted octanol–water partition coefficient (Wildman–Crippen LogP) is 4.08. The molecule has 1 heterocycles. The molecule has 0 saturated carbocycles. The predicted molar refractivity (Wildman–Crippen MR) is 89.1 cm³/mol. The molecule has 3 unspecified atom stereocenters. The van der Waals surface area contributed by atoms with Gasteiger partial charge in [-0.2, -0.15) is 0 Å². The molecular formula is C19H31NO. The Hall–Kier alpha value is -0.860. The summed E-state index contributed by atoms with van der Waals surface area (Å²) in [5.74, 6) is 1.03. The monoisotopic (exact) mass is 289 g/mol. The van der Waals surface area contributed by atoms with E-state index in [1.807, 2.05) is 0 Å². The van der Waals surface area contributed by atoms with Crippen LogP contribution in [0.3, 0.4) is 0 Å². The van der Waals surface area contributed by atoms with E-state index in [4.69, 9.17) is 0 Å². The van der Waals surface area contributed by atoms with E-state index in [9.17, 15) is 5.11 Å². The van der Waals surface area contributed by atoms with Crippen LogP contribution in [0, 0.1) is 11.8 Å². The van der Waals surface area contributed by atoms with Crippen LogP contribution in [-0.4, -0.2) is 28.7 Å². The molecular weight excluding hydrogens is 258 g/mol. The summed E-state index contributed by atoms with van der Waals surface area (Å²) < 4.78 is 0. The van der Waals surface area contributed by atoms with E-state index in [0.29, 0.717) is 17.9 Å². The Morgan fingerprint density at radius 2 is 1.95 bits per heavy atom. The van der Waals surface area contributed by atoms with E-state index < -0.39 is 0 Å². The van der Waals surface area contributed by atoms with Crippen molar-refractivity contribution in [3.63, 3.8) is 0 Å². The molecule has 1 aromatic carbocycles. The van der Waals surface area contributed by atoms with Crippen molar-refractivity contribution >= 4 is 0 Å². The molecule has 0 spiro atoms. The maximum absolute atomic E-state index is 10.2. The third-order valence-corrected chi connectivity index (χ3v) is 4.93. The highest BCUT2D eigenvalue weighted by atomic mass is 16.3. The van der Waals surface area contributed by atoms with Crippen molar-refractivity contribution in [3.8, 4) is 0 Å². The number of nitrogens with zero attached hydrogens (tertiary/aromatic N) is 1. The van der Waals surface area contributed by atoms with Gasteiger partial charge in [-0.3, -0.25) is 4.90 Å². The zero-order valence-corrected chi connectivity index (χ0v) is 13.8. The molecule has 2 heteroatoms. The fourth-order valence-electron chi connectivity index (χ4n) is 3.57.